The number of carbonyl (C=O) groups excluding carboxylic acids is 1. The monoisotopic (exact) mass is 260 g/mol. The molecule has 3 nitrogen and oxygen atoms in total. The quantitative estimate of drug-likeness (QED) is 0.888. The molecule has 19 heavy (non-hydrogen) atoms. The molecule has 0 aliphatic carbocycles. The number of carbonyl (C=O) groups is 1. The lowest BCUT2D eigenvalue weighted by atomic mass is 9.92. The minimum atomic E-state index is 0.147. The number of piperidine rings is 1. The molecule has 1 heterocycles. The third kappa shape index (κ3) is 2.98. The number of rotatable bonds is 2. The molecule has 2 rings (SSSR count). The maximum atomic E-state index is 12.6. The molecule has 0 aromatic heterocycles. The third-order valence-corrected chi connectivity index (χ3v) is 4.33. The van der Waals surface area contributed by atoms with Crippen LogP contribution in [0.4, 0.5) is 0 Å². The van der Waals surface area contributed by atoms with Gasteiger partial charge in [0.1, 0.15) is 0 Å². The Labute approximate surface area is 115 Å². The fourth-order valence-electron chi connectivity index (χ4n) is 2.70. The predicted molar refractivity (Wildman–Crippen MR) is 78.2 cm³/mol. The zero-order valence-electron chi connectivity index (χ0n) is 12.1. The van der Waals surface area contributed by atoms with Gasteiger partial charge in [-0.05, 0) is 69.3 Å². The summed E-state index contributed by atoms with van der Waals surface area (Å²) in [6, 6.07) is 6.27. The molecule has 2 N–H and O–H groups in total. The molecule has 1 amide bonds. The predicted octanol–water partition coefficient (Wildman–Crippen LogP) is 2.50. The number of amides is 1. The molecule has 104 valence electrons. The molecular weight excluding hydrogens is 236 g/mol. The van der Waals surface area contributed by atoms with Crippen molar-refractivity contribution in [2.24, 2.45) is 11.7 Å². The molecule has 2 unspecified atom stereocenters. The van der Waals surface area contributed by atoms with Gasteiger partial charge < -0.3 is 10.6 Å². The van der Waals surface area contributed by atoms with Crippen molar-refractivity contribution in [1.29, 1.82) is 0 Å². The van der Waals surface area contributed by atoms with Gasteiger partial charge in [-0.15, -0.1) is 0 Å². The number of benzene rings is 1. The third-order valence-electron chi connectivity index (χ3n) is 4.33. The molecule has 1 aliphatic rings. The van der Waals surface area contributed by atoms with Crippen LogP contribution < -0.4 is 5.73 Å². The maximum Gasteiger partial charge on any atom is 0.254 e. The molecule has 1 aliphatic heterocycles. The summed E-state index contributed by atoms with van der Waals surface area (Å²) in [5.74, 6) is 0.598. The smallest absolute Gasteiger partial charge is 0.254 e. The highest BCUT2D eigenvalue weighted by Crippen LogP contribution is 2.23. The van der Waals surface area contributed by atoms with E-state index in [2.05, 4.69) is 20.8 Å². The van der Waals surface area contributed by atoms with Gasteiger partial charge in [0.2, 0.25) is 0 Å². The van der Waals surface area contributed by atoms with Gasteiger partial charge >= 0.3 is 0 Å². The Bertz CT molecular complexity index is 470. The summed E-state index contributed by atoms with van der Waals surface area (Å²) in [5, 5.41) is 0. The average Bonchev–Trinajstić information content (AvgIpc) is 2.41. The van der Waals surface area contributed by atoms with Crippen LogP contribution in [0.1, 0.15) is 41.3 Å². The Morgan fingerprint density at radius 3 is 2.68 bits per heavy atom. The molecule has 3 heteroatoms. The highest BCUT2D eigenvalue weighted by Gasteiger charge is 2.28. The van der Waals surface area contributed by atoms with E-state index in [1.54, 1.807) is 0 Å². The summed E-state index contributed by atoms with van der Waals surface area (Å²) in [4.78, 5) is 14.6. The number of hydrogen-bond donors (Lipinski definition) is 1. The van der Waals surface area contributed by atoms with Crippen molar-refractivity contribution in [2.45, 2.75) is 39.7 Å². The van der Waals surface area contributed by atoms with Crippen LogP contribution in [-0.4, -0.2) is 29.9 Å². The zero-order valence-corrected chi connectivity index (χ0v) is 12.1. The van der Waals surface area contributed by atoms with Gasteiger partial charge in [0.15, 0.2) is 0 Å². The zero-order chi connectivity index (χ0) is 14.0. The number of nitrogens with zero attached hydrogens (tertiary/aromatic N) is 1. The van der Waals surface area contributed by atoms with Crippen LogP contribution in [-0.2, 0) is 0 Å². The Hall–Kier alpha value is -1.35. The second kappa shape index (κ2) is 5.74. The van der Waals surface area contributed by atoms with Crippen LogP contribution in [0, 0.1) is 19.8 Å². The molecule has 1 aromatic rings. The van der Waals surface area contributed by atoms with Crippen molar-refractivity contribution < 1.29 is 4.79 Å². The lowest BCUT2D eigenvalue weighted by Gasteiger charge is -2.37. The van der Waals surface area contributed by atoms with E-state index in [1.165, 1.54) is 11.1 Å². The van der Waals surface area contributed by atoms with Crippen LogP contribution >= 0.6 is 0 Å². The minimum Gasteiger partial charge on any atom is -0.336 e. The second-order valence-electron chi connectivity index (χ2n) is 5.78. The van der Waals surface area contributed by atoms with E-state index in [0.717, 1.165) is 24.9 Å². The number of aryl methyl sites for hydroxylation is 2. The number of likely N-dealkylation sites (tertiary alicyclic amines) is 1. The van der Waals surface area contributed by atoms with Gasteiger partial charge in [0, 0.05) is 18.2 Å². The molecule has 0 saturated carbocycles. The van der Waals surface area contributed by atoms with E-state index in [0.29, 0.717) is 18.5 Å². The van der Waals surface area contributed by atoms with Gasteiger partial charge in [-0.25, -0.2) is 0 Å². The molecule has 0 bridgehead atoms. The SMILES string of the molecule is Cc1ccc(C(=O)N2CC(CN)CCC2C)cc1C. The molecule has 0 spiro atoms. The van der Waals surface area contributed by atoms with Crippen molar-refractivity contribution in [3.63, 3.8) is 0 Å². The largest absolute Gasteiger partial charge is 0.336 e. The van der Waals surface area contributed by atoms with Crippen LogP contribution in [0.25, 0.3) is 0 Å². The number of nitrogens with two attached hydrogens (primary N) is 1. The van der Waals surface area contributed by atoms with Crippen molar-refractivity contribution in [2.75, 3.05) is 13.1 Å². The summed E-state index contributed by atoms with van der Waals surface area (Å²) in [5.41, 5.74) is 8.95. The maximum absolute atomic E-state index is 12.6. The minimum absolute atomic E-state index is 0.147. The lowest BCUT2D eigenvalue weighted by molar-refractivity contribution is 0.0567. The van der Waals surface area contributed by atoms with Gasteiger partial charge in [-0.2, -0.15) is 0 Å². The van der Waals surface area contributed by atoms with Crippen molar-refractivity contribution in [3.8, 4) is 0 Å². The first-order valence-corrected chi connectivity index (χ1v) is 7.11. The van der Waals surface area contributed by atoms with E-state index < -0.39 is 0 Å². The summed E-state index contributed by atoms with van der Waals surface area (Å²) < 4.78 is 0. The topological polar surface area (TPSA) is 46.3 Å². The Morgan fingerprint density at radius 2 is 2.05 bits per heavy atom. The van der Waals surface area contributed by atoms with Crippen molar-refractivity contribution in [3.05, 3.63) is 34.9 Å². The summed E-state index contributed by atoms with van der Waals surface area (Å²) in [6.45, 7) is 7.71. The fraction of sp³-hybridized carbons (Fsp3) is 0.562. The average molecular weight is 260 g/mol. The normalized spacial score (nSPS) is 23.5. The first kappa shape index (κ1) is 14.1. The van der Waals surface area contributed by atoms with E-state index in [-0.39, 0.29) is 5.91 Å². The molecular formula is C16H24N2O. The van der Waals surface area contributed by atoms with Crippen LogP contribution in [0.5, 0.6) is 0 Å². The fourth-order valence-corrected chi connectivity index (χ4v) is 2.70. The first-order chi connectivity index (χ1) is 9.02. The van der Waals surface area contributed by atoms with E-state index >= 15 is 0 Å². The first-order valence-electron chi connectivity index (χ1n) is 7.11. The molecule has 2 atom stereocenters. The highest BCUT2D eigenvalue weighted by atomic mass is 16.2. The summed E-state index contributed by atoms with van der Waals surface area (Å²) in [6.07, 6.45) is 2.19. The Kier molecular flexibility index (Phi) is 4.25. The van der Waals surface area contributed by atoms with Gasteiger partial charge in [-0.3, -0.25) is 4.79 Å². The summed E-state index contributed by atoms with van der Waals surface area (Å²) >= 11 is 0. The summed E-state index contributed by atoms with van der Waals surface area (Å²) in [7, 11) is 0. The Balaban J connectivity index is 2.19. The molecule has 1 fully saturated rings. The van der Waals surface area contributed by atoms with Crippen molar-refractivity contribution >= 4 is 5.91 Å². The highest BCUT2D eigenvalue weighted by molar-refractivity contribution is 5.94. The van der Waals surface area contributed by atoms with Crippen LogP contribution in [0.15, 0.2) is 18.2 Å². The molecule has 1 aromatic carbocycles. The van der Waals surface area contributed by atoms with E-state index in [1.807, 2.05) is 23.1 Å². The Morgan fingerprint density at radius 1 is 1.32 bits per heavy atom. The van der Waals surface area contributed by atoms with Crippen LogP contribution in [0.3, 0.4) is 0 Å². The van der Waals surface area contributed by atoms with Gasteiger partial charge in [0.05, 0.1) is 0 Å². The van der Waals surface area contributed by atoms with Crippen molar-refractivity contribution in [1.82, 2.24) is 4.90 Å². The van der Waals surface area contributed by atoms with E-state index in [9.17, 15) is 4.79 Å². The second-order valence-corrected chi connectivity index (χ2v) is 5.78. The van der Waals surface area contributed by atoms with E-state index in [4.69, 9.17) is 5.73 Å². The van der Waals surface area contributed by atoms with Gasteiger partial charge in [-0.1, -0.05) is 6.07 Å². The lowest BCUT2D eigenvalue weighted by Crippen LogP contribution is -2.47. The molecule has 0 radical (unpaired) electrons. The standard InChI is InChI=1S/C16H24N2O/c1-11-4-7-15(8-12(11)2)16(19)18-10-14(9-17)6-5-13(18)3/h4,7-8,13-14H,5-6,9-10,17H2,1-3H3. The van der Waals surface area contributed by atoms with Gasteiger partial charge in [0.25, 0.3) is 5.91 Å². The van der Waals surface area contributed by atoms with Crippen LogP contribution in [0.2, 0.25) is 0 Å². The molecule has 1 saturated heterocycles. The number of hydrogen-bond acceptors (Lipinski definition) is 2.